The highest BCUT2D eigenvalue weighted by atomic mass is 16.3. The van der Waals surface area contributed by atoms with Crippen molar-refractivity contribution in [1.29, 1.82) is 0 Å². The van der Waals surface area contributed by atoms with E-state index in [1.807, 2.05) is 0 Å². The minimum Gasteiger partial charge on any atom is -0.392 e. The predicted octanol–water partition coefficient (Wildman–Crippen LogP) is 7.37. The Morgan fingerprint density at radius 1 is 0.441 bits per heavy atom. The minimum atomic E-state index is -0.0187. The SMILES string of the molecule is OCc1cc(-n2c3ccccc3c3ccccc32)cc(-n2c3ccccc3c3ccccc32)c1. The molecule has 162 valence electrons. The first kappa shape index (κ1) is 19.2. The topological polar surface area (TPSA) is 30.1 Å². The number of aliphatic hydroxyl groups excluding tert-OH is 1. The summed E-state index contributed by atoms with van der Waals surface area (Å²) in [5.41, 5.74) is 7.61. The van der Waals surface area contributed by atoms with Crippen molar-refractivity contribution in [2.45, 2.75) is 6.61 Å². The molecule has 5 aromatic carbocycles. The Kier molecular flexibility index (Phi) is 4.14. The Balaban J connectivity index is 1.59. The molecule has 3 heteroatoms. The molecule has 0 saturated heterocycles. The summed E-state index contributed by atoms with van der Waals surface area (Å²) in [6.07, 6.45) is 0. The van der Waals surface area contributed by atoms with Crippen LogP contribution in [0, 0.1) is 0 Å². The summed E-state index contributed by atoms with van der Waals surface area (Å²) in [5.74, 6) is 0. The van der Waals surface area contributed by atoms with Gasteiger partial charge in [0.15, 0.2) is 0 Å². The van der Waals surface area contributed by atoms with Crippen LogP contribution in [-0.2, 0) is 6.61 Å². The van der Waals surface area contributed by atoms with Gasteiger partial charge in [-0.25, -0.2) is 0 Å². The van der Waals surface area contributed by atoms with E-state index in [0.29, 0.717) is 0 Å². The maximum absolute atomic E-state index is 10.2. The van der Waals surface area contributed by atoms with Crippen LogP contribution in [0.2, 0.25) is 0 Å². The third-order valence-corrected chi connectivity index (χ3v) is 6.82. The van der Waals surface area contributed by atoms with Crippen molar-refractivity contribution in [3.8, 4) is 11.4 Å². The van der Waals surface area contributed by atoms with Crippen LogP contribution >= 0.6 is 0 Å². The van der Waals surface area contributed by atoms with Crippen LogP contribution in [0.3, 0.4) is 0 Å². The molecule has 0 atom stereocenters. The van der Waals surface area contributed by atoms with E-state index in [4.69, 9.17) is 0 Å². The van der Waals surface area contributed by atoms with Crippen LogP contribution in [0.15, 0.2) is 115 Å². The Bertz CT molecular complexity index is 1620. The molecule has 0 aliphatic carbocycles. The molecule has 2 aromatic heterocycles. The first-order valence-electron chi connectivity index (χ1n) is 11.6. The molecule has 1 N–H and O–H groups in total. The molecule has 0 fully saturated rings. The Hall–Kier alpha value is -4.34. The summed E-state index contributed by atoms with van der Waals surface area (Å²) in [5, 5.41) is 15.1. The molecule has 2 heterocycles. The van der Waals surface area contributed by atoms with Gasteiger partial charge >= 0.3 is 0 Å². The Labute approximate surface area is 196 Å². The number of fused-ring (bicyclic) bond motifs is 6. The van der Waals surface area contributed by atoms with Crippen molar-refractivity contribution in [2.75, 3.05) is 0 Å². The van der Waals surface area contributed by atoms with Gasteiger partial charge in [-0.3, -0.25) is 0 Å². The molecule has 7 rings (SSSR count). The number of hydrogen-bond acceptors (Lipinski definition) is 1. The lowest BCUT2D eigenvalue weighted by molar-refractivity contribution is 0.282. The predicted molar refractivity (Wildman–Crippen MR) is 141 cm³/mol. The average molecular weight is 439 g/mol. The van der Waals surface area contributed by atoms with Crippen molar-refractivity contribution in [3.63, 3.8) is 0 Å². The Morgan fingerprint density at radius 2 is 0.765 bits per heavy atom. The lowest BCUT2D eigenvalue weighted by Crippen LogP contribution is -2.01. The number of rotatable bonds is 3. The Morgan fingerprint density at radius 3 is 1.09 bits per heavy atom. The quantitative estimate of drug-likeness (QED) is 0.307. The van der Waals surface area contributed by atoms with Gasteiger partial charge in [0.25, 0.3) is 0 Å². The van der Waals surface area contributed by atoms with E-state index >= 15 is 0 Å². The molecule has 0 radical (unpaired) electrons. The van der Waals surface area contributed by atoms with Crippen molar-refractivity contribution < 1.29 is 5.11 Å². The fourth-order valence-electron chi connectivity index (χ4n) is 5.41. The highest BCUT2D eigenvalue weighted by molar-refractivity contribution is 6.10. The first-order valence-corrected chi connectivity index (χ1v) is 11.6. The fourth-order valence-corrected chi connectivity index (χ4v) is 5.41. The number of benzene rings is 5. The van der Waals surface area contributed by atoms with Gasteiger partial charge in [-0.05, 0) is 48.0 Å². The number of aromatic nitrogens is 2. The summed E-state index contributed by atoms with van der Waals surface area (Å²) in [7, 11) is 0. The number of nitrogens with zero attached hydrogens (tertiary/aromatic N) is 2. The largest absolute Gasteiger partial charge is 0.392 e. The average Bonchev–Trinajstić information content (AvgIpc) is 3.42. The van der Waals surface area contributed by atoms with Crippen LogP contribution in [-0.4, -0.2) is 14.2 Å². The van der Waals surface area contributed by atoms with E-state index in [1.54, 1.807) is 0 Å². The van der Waals surface area contributed by atoms with E-state index in [0.717, 1.165) is 39.0 Å². The monoisotopic (exact) mass is 438 g/mol. The van der Waals surface area contributed by atoms with Gasteiger partial charge in [0.05, 0.1) is 28.7 Å². The molecule has 7 aromatic rings. The van der Waals surface area contributed by atoms with Crippen LogP contribution in [0.25, 0.3) is 55.0 Å². The third kappa shape index (κ3) is 2.68. The highest BCUT2D eigenvalue weighted by Gasteiger charge is 2.16. The zero-order valence-corrected chi connectivity index (χ0v) is 18.5. The summed E-state index contributed by atoms with van der Waals surface area (Å²) in [6, 6.07) is 40.5. The highest BCUT2D eigenvalue weighted by Crippen LogP contribution is 2.35. The van der Waals surface area contributed by atoms with Gasteiger partial charge in [-0.15, -0.1) is 0 Å². The molecule has 0 unspecified atom stereocenters. The number of aliphatic hydroxyl groups is 1. The van der Waals surface area contributed by atoms with Crippen LogP contribution < -0.4 is 0 Å². The molecule has 0 spiro atoms. The van der Waals surface area contributed by atoms with Crippen LogP contribution in [0.5, 0.6) is 0 Å². The zero-order valence-electron chi connectivity index (χ0n) is 18.5. The second kappa shape index (κ2) is 7.34. The van der Waals surface area contributed by atoms with Crippen molar-refractivity contribution in [1.82, 2.24) is 9.13 Å². The lowest BCUT2D eigenvalue weighted by atomic mass is 10.1. The van der Waals surface area contributed by atoms with Crippen molar-refractivity contribution >= 4 is 43.6 Å². The van der Waals surface area contributed by atoms with E-state index in [2.05, 4.69) is 124 Å². The first-order chi connectivity index (χ1) is 16.8. The minimum absolute atomic E-state index is 0.0187. The normalized spacial score (nSPS) is 11.8. The van der Waals surface area contributed by atoms with Gasteiger partial charge in [0.2, 0.25) is 0 Å². The summed E-state index contributed by atoms with van der Waals surface area (Å²) in [6.45, 7) is -0.0187. The molecule has 0 amide bonds. The van der Waals surface area contributed by atoms with Gasteiger partial charge in [-0.1, -0.05) is 72.8 Å². The third-order valence-electron chi connectivity index (χ3n) is 6.82. The van der Waals surface area contributed by atoms with Crippen LogP contribution in [0.1, 0.15) is 5.56 Å². The van der Waals surface area contributed by atoms with Gasteiger partial charge in [0.1, 0.15) is 0 Å². The van der Waals surface area contributed by atoms with Gasteiger partial charge < -0.3 is 14.2 Å². The number of para-hydroxylation sites is 4. The maximum Gasteiger partial charge on any atom is 0.0683 e. The molecule has 3 nitrogen and oxygen atoms in total. The zero-order chi connectivity index (χ0) is 22.6. The molecular formula is C31H22N2O. The van der Waals surface area contributed by atoms with Crippen LogP contribution in [0.4, 0.5) is 0 Å². The standard InChI is InChI=1S/C31H22N2O/c34-20-21-17-22(32-28-13-5-1-9-24(28)25-10-2-6-14-29(25)32)19-23(18-21)33-30-15-7-3-11-26(30)27-12-4-8-16-31(27)33/h1-19,34H,20H2. The maximum atomic E-state index is 10.2. The van der Waals surface area contributed by atoms with E-state index in [9.17, 15) is 5.11 Å². The smallest absolute Gasteiger partial charge is 0.0683 e. The van der Waals surface area contributed by atoms with Gasteiger partial charge in [0, 0.05) is 32.9 Å². The van der Waals surface area contributed by atoms with E-state index in [1.165, 1.54) is 21.5 Å². The molecular weight excluding hydrogens is 416 g/mol. The second-order valence-corrected chi connectivity index (χ2v) is 8.76. The molecule has 0 aliphatic rings. The second-order valence-electron chi connectivity index (χ2n) is 8.76. The molecule has 0 bridgehead atoms. The lowest BCUT2D eigenvalue weighted by Gasteiger charge is -2.15. The summed E-state index contributed by atoms with van der Waals surface area (Å²) in [4.78, 5) is 0. The van der Waals surface area contributed by atoms with Crippen molar-refractivity contribution in [2.24, 2.45) is 0 Å². The van der Waals surface area contributed by atoms with Crippen molar-refractivity contribution in [3.05, 3.63) is 121 Å². The van der Waals surface area contributed by atoms with Gasteiger partial charge in [-0.2, -0.15) is 0 Å². The number of hydrogen-bond donors (Lipinski definition) is 1. The summed E-state index contributed by atoms with van der Waals surface area (Å²) < 4.78 is 4.61. The van der Waals surface area contributed by atoms with E-state index in [-0.39, 0.29) is 6.61 Å². The van der Waals surface area contributed by atoms with E-state index < -0.39 is 0 Å². The molecule has 0 saturated carbocycles. The molecule has 0 aliphatic heterocycles. The molecule has 34 heavy (non-hydrogen) atoms. The fraction of sp³-hybridized carbons (Fsp3) is 0.0323. The summed E-state index contributed by atoms with van der Waals surface area (Å²) >= 11 is 0.